The molecule has 0 atom stereocenters. The monoisotopic (exact) mass is 2010 g/mol. The van der Waals surface area contributed by atoms with Crippen LogP contribution in [-0.2, 0) is 42.9 Å². The molecule has 0 amide bonds. The number of carbonyl (C=O) groups excluding carboxylic acids is 4. The van der Waals surface area contributed by atoms with Gasteiger partial charge in [-0.15, -0.1) is 0 Å². The highest BCUT2D eigenvalue weighted by molar-refractivity contribution is 6.01. The minimum Gasteiger partial charge on any atom is -0.497 e. The van der Waals surface area contributed by atoms with Crippen molar-refractivity contribution in [3.8, 4) is 107 Å². The van der Waals surface area contributed by atoms with Gasteiger partial charge in [0, 0.05) is 111 Å². The summed E-state index contributed by atoms with van der Waals surface area (Å²) in [4.78, 5) is 61.7. The van der Waals surface area contributed by atoms with Crippen LogP contribution in [0.1, 0.15) is 212 Å². The molecular weight excluding hydrogens is 1850 g/mol. The first-order valence-corrected chi connectivity index (χ1v) is 54.1. The van der Waals surface area contributed by atoms with Gasteiger partial charge >= 0.3 is 0 Å². The van der Waals surface area contributed by atoms with E-state index in [0.717, 1.165) is 258 Å². The van der Waals surface area contributed by atoms with Crippen molar-refractivity contribution in [1.29, 1.82) is 0 Å². The maximum atomic E-state index is 13.4. The summed E-state index contributed by atoms with van der Waals surface area (Å²) in [5.74, 6) is 7.19. The fraction of sp³-hybridized carbons (Fsp3) is 0.348. The first kappa shape index (κ1) is 110. The number of ether oxygens (including phenoxy) is 7. The third-order valence-electron chi connectivity index (χ3n) is 29.2. The summed E-state index contributed by atoms with van der Waals surface area (Å²) >= 11 is 0. The Morgan fingerprint density at radius 3 is 1.06 bits per heavy atom. The Labute approximate surface area is 892 Å². The molecule has 4 saturated heterocycles. The van der Waals surface area contributed by atoms with Crippen molar-refractivity contribution < 1.29 is 52.3 Å². The molecule has 15 heteroatoms. The molecule has 0 aliphatic carbocycles. The van der Waals surface area contributed by atoms with Crippen molar-refractivity contribution >= 4 is 23.1 Å². The van der Waals surface area contributed by atoms with Gasteiger partial charge in [0.2, 0.25) is 0 Å². The number of methoxy groups -OCH3 is 2. The number of hydrogen-bond acceptors (Lipinski definition) is 15. The van der Waals surface area contributed by atoms with Gasteiger partial charge in [0.1, 0.15) is 64.7 Å². The van der Waals surface area contributed by atoms with E-state index in [-0.39, 0.29) is 46.2 Å². The van der Waals surface area contributed by atoms with Gasteiger partial charge in [-0.05, 0) is 314 Å². The molecule has 4 heterocycles. The van der Waals surface area contributed by atoms with Crippen LogP contribution in [0, 0.1) is 12.8 Å². The predicted octanol–water partition coefficient (Wildman–Crippen LogP) is 29.6. The average molecular weight is 2010 g/mol. The number of ketones is 4. The Balaban J connectivity index is 0.000000150. The number of hydrogen-bond donors (Lipinski definition) is 0. The summed E-state index contributed by atoms with van der Waals surface area (Å²) in [5, 5.41) is 0. The summed E-state index contributed by atoms with van der Waals surface area (Å²) in [6, 6.07) is 108. The van der Waals surface area contributed by atoms with Crippen LogP contribution in [0.25, 0.3) is 66.8 Å². The fourth-order valence-corrected chi connectivity index (χ4v) is 19.6. The predicted molar refractivity (Wildman–Crippen MR) is 615 cm³/mol. The largest absolute Gasteiger partial charge is 0.497 e. The van der Waals surface area contributed by atoms with Crippen LogP contribution in [0.4, 0.5) is 0 Å². The zero-order valence-electron chi connectivity index (χ0n) is 91.2. The van der Waals surface area contributed by atoms with Gasteiger partial charge < -0.3 is 52.8 Å². The third kappa shape index (κ3) is 32.1. The molecule has 0 N–H and O–H groups in total. The van der Waals surface area contributed by atoms with E-state index in [1.165, 1.54) is 27.8 Å². The molecule has 14 aromatic carbocycles. The molecule has 0 unspecified atom stereocenters. The van der Waals surface area contributed by atoms with E-state index < -0.39 is 0 Å². The van der Waals surface area contributed by atoms with E-state index in [1.807, 2.05) is 115 Å². The molecule has 14 aromatic rings. The fourth-order valence-electron chi connectivity index (χ4n) is 19.6. The van der Waals surface area contributed by atoms with Crippen molar-refractivity contribution in [3.05, 3.63) is 388 Å². The lowest BCUT2D eigenvalue weighted by Gasteiger charge is -2.30. The third-order valence-corrected chi connectivity index (χ3v) is 29.2. The molecule has 15 nitrogen and oxygen atoms in total. The highest BCUT2D eigenvalue weighted by Crippen LogP contribution is 2.40. The van der Waals surface area contributed by atoms with Crippen molar-refractivity contribution in [1.82, 2.24) is 19.6 Å². The molecule has 4 aliphatic rings. The Hall–Kier alpha value is -13.8. The van der Waals surface area contributed by atoms with E-state index in [1.54, 1.807) is 14.2 Å². The number of benzene rings is 14. The van der Waals surface area contributed by atoms with Crippen LogP contribution in [0.5, 0.6) is 40.2 Å². The summed E-state index contributed by atoms with van der Waals surface area (Å²) in [6.45, 7) is 31.2. The second kappa shape index (κ2) is 53.1. The molecule has 18 rings (SSSR count). The maximum Gasteiger partial charge on any atom is 0.167 e. The van der Waals surface area contributed by atoms with Gasteiger partial charge in [-0.3, -0.25) is 19.2 Å². The molecule has 780 valence electrons. The van der Waals surface area contributed by atoms with Crippen molar-refractivity contribution in [3.63, 3.8) is 0 Å². The van der Waals surface area contributed by atoms with Crippen LogP contribution in [0.2, 0.25) is 0 Å². The number of piperidine rings is 4. The van der Waals surface area contributed by atoms with E-state index in [4.69, 9.17) is 33.2 Å². The topological polar surface area (TPSA) is 146 Å². The lowest BCUT2D eigenvalue weighted by Crippen LogP contribution is -2.35. The van der Waals surface area contributed by atoms with Gasteiger partial charge in [0.25, 0.3) is 0 Å². The standard InChI is InChI=1S/C39H45NO4.C36H39NO3.2C30H35NO2/c1-27(2)9-12-33-24-30(15-17-38(33)44-34-19-21-40(3)22-20-34)29-13-10-28(11-14-29)23-37(41)32-16-18-39(43-5)36(26-32)31-7-6-8-35(25-31)42-4;1-4-22-39-36-17-14-31(25-34(36)30-7-5-6-26(2)23-30)35(38)24-27-8-10-28(11-9-27)29-12-15-32(16-13-29)40-33-18-20-37(3)21-19-33;1-30(2,3)26-13-9-25(10-14-26)29(32)21-22-5-7-23(8-6-22)24-11-15-27(16-12-24)33-28-17-19-31(4)20-18-28;1-30(2,3)26-13-11-23(12-14-26)29(32)20-22-7-5-8-24(19-22)25-9-6-10-28(21-25)33-27-15-17-31(4)18-16-27/h6-8,10-11,13-18,24-27,34H,9,12,19-23H2,1-5H3;5-17,23,25,33H,4,18-22,24H2,1-3H3;5-16,28H,17-21H2,1-4H3;5-14,19,21,27H,15-18,20H2,1-4H3. The summed E-state index contributed by atoms with van der Waals surface area (Å²) in [6.07, 6.45) is 14.3. The summed E-state index contributed by atoms with van der Waals surface area (Å²) in [5.41, 5.74) is 25.0. The quantitative estimate of drug-likeness (QED) is 0.0352. The second-order valence-corrected chi connectivity index (χ2v) is 43.7. The normalized spacial score (nSPS) is 14.7. The van der Waals surface area contributed by atoms with E-state index >= 15 is 0 Å². The Morgan fingerprint density at radius 2 is 0.640 bits per heavy atom. The van der Waals surface area contributed by atoms with Crippen LogP contribution in [-0.4, -0.2) is 169 Å². The summed E-state index contributed by atoms with van der Waals surface area (Å²) < 4.78 is 42.2. The highest BCUT2D eigenvalue weighted by atomic mass is 16.5. The minimum absolute atomic E-state index is 0.0657. The Kier molecular flexibility index (Phi) is 39.0. The van der Waals surface area contributed by atoms with Crippen molar-refractivity contribution in [2.24, 2.45) is 5.92 Å². The average Bonchev–Trinajstić information content (AvgIpc) is 0.811. The lowest BCUT2D eigenvalue weighted by atomic mass is 9.86. The zero-order chi connectivity index (χ0) is 106. The van der Waals surface area contributed by atoms with Gasteiger partial charge in [-0.2, -0.15) is 0 Å². The minimum atomic E-state index is 0.0657. The first-order valence-electron chi connectivity index (χ1n) is 54.1. The van der Waals surface area contributed by atoms with Crippen LogP contribution in [0.3, 0.4) is 0 Å². The van der Waals surface area contributed by atoms with Crippen LogP contribution in [0.15, 0.2) is 322 Å². The number of Topliss-reactive ketones (excluding diaryl/α,β-unsaturated/α-hetero) is 4. The number of rotatable bonds is 34. The number of carbonyl (C=O) groups is 4. The number of nitrogens with zero attached hydrogens (tertiary/aromatic N) is 4. The molecular formula is C135H154N4O11. The van der Waals surface area contributed by atoms with Gasteiger partial charge in [0.15, 0.2) is 23.1 Å². The van der Waals surface area contributed by atoms with E-state index in [9.17, 15) is 19.2 Å². The SMILES string of the molecule is CCCOc1ccc(C(=O)Cc2ccc(-c3ccc(OC4CCN(C)CC4)cc3)cc2)cc1-c1cccc(C)c1.CN1CCC(Oc2ccc(-c3ccc(CC(=O)c4ccc(C(C)(C)C)cc4)cc3)cc2)CC1.CN1CCC(Oc2cccc(-c3cccc(CC(=O)c4ccc(C(C)(C)C)cc4)c3)c2)CC1.COc1cccc(-c2cc(C(=O)Cc3ccc(-c4ccc(OC5CCN(C)CC5)c(CCC(C)C)c4)cc3)ccc2OC)c1. The van der Waals surface area contributed by atoms with Crippen molar-refractivity contribution in [2.45, 2.75) is 201 Å². The molecule has 0 radical (unpaired) electrons. The Bertz CT molecular complexity index is 6730. The maximum absolute atomic E-state index is 13.4. The molecule has 0 spiro atoms. The second-order valence-electron chi connectivity index (χ2n) is 43.7. The van der Waals surface area contributed by atoms with Gasteiger partial charge in [0.05, 0.1) is 20.8 Å². The molecule has 4 fully saturated rings. The van der Waals surface area contributed by atoms with Crippen molar-refractivity contribution in [2.75, 3.05) is 101 Å². The van der Waals surface area contributed by atoms with E-state index in [2.05, 4.69) is 323 Å². The summed E-state index contributed by atoms with van der Waals surface area (Å²) in [7, 11) is 12.0. The number of likely N-dealkylation sites (tertiary alicyclic amines) is 4. The molecule has 0 aromatic heterocycles. The Morgan fingerprint density at radius 1 is 0.307 bits per heavy atom. The first-order chi connectivity index (χ1) is 72.3. The van der Waals surface area contributed by atoms with Crippen LogP contribution < -0.4 is 33.2 Å². The highest BCUT2D eigenvalue weighted by Gasteiger charge is 2.27. The zero-order valence-corrected chi connectivity index (χ0v) is 91.2. The lowest BCUT2D eigenvalue weighted by molar-refractivity contribution is 0.0984. The molecule has 4 aliphatic heterocycles. The van der Waals surface area contributed by atoms with Gasteiger partial charge in [-0.1, -0.05) is 292 Å². The smallest absolute Gasteiger partial charge is 0.167 e. The number of aryl methyl sites for hydroxylation is 2. The van der Waals surface area contributed by atoms with E-state index in [0.29, 0.717) is 61.5 Å². The molecule has 150 heavy (non-hydrogen) atoms. The van der Waals surface area contributed by atoms with Gasteiger partial charge in [-0.25, -0.2) is 0 Å². The van der Waals surface area contributed by atoms with Crippen LogP contribution >= 0.6 is 0 Å². The molecule has 0 bridgehead atoms. The molecule has 0 saturated carbocycles.